The third kappa shape index (κ3) is 3.90. The van der Waals surface area contributed by atoms with Gasteiger partial charge >= 0.3 is 0 Å². The lowest BCUT2D eigenvalue weighted by Crippen LogP contribution is -2.35. The zero-order chi connectivity index (χ0) is 16.2. The Kier molecular flexibility index (Phi) is 4.95. The normalized spacial score (nSPS) is 12.9. The lowest BCUT2D eigenvalue weighted by molar-refractivity contribution is 0.104. The number of hydrogen-bond acceptors (Lipinski definition) is 6. The first kappa shape index (κ1) is 16.0. The Labute approximate surface area is 138 Å². The van der Waals surface area contributed by atoms with Crippen LogP contribution < -0.4 is 10.1 Å². The van der Waals surface area contributed by atoms with E-state index < -0.39 is 6.10 Å². The van der Waals surface area contributed by atoms with E-state index in [1.165, 1.54) is 0 Å². The van der Waals surface area contributed by atoms with Gasteiger partial charge in [0.25, 0.3) is 0 Å². The van der Waals surface area contributed by atoms with E-state index in [1.807, 2.05) is 49.6 Å². The van der Waals surface area contributed by atoms with Gasteiger partial charge in [-0.25, -0.2) is 0 Å². The van der Waals surface area contributed by atoms with E-state index in [0.29, 0.717) is 12.6 Å². The highest BCUT2D eigenvalue weighted by molar-refractivity contribution is 7.17. The van der Waals surface area contributed by atoms with Crippen molar-refractivity contribution in [3.63, 3.8) is 0 Å². The lowest BCUT2D eigenvalue weighted by Gasteiger charge is -2.15. The lowest BCUT2D eigenvalue weighted by atomic mass is 10.1. The van der Waals surface area contributed by atoms with Crippen LogP contribution in [0.5, 0.6) is 5.75 Å². The predicted octanol–water partition coefficient (Wildman–Crippen LogP) is 3.29. The van der Waals surface area contributed by atoms with E-state index in [-0.39, 0.29) is 6.61 Å². The maximum atomic E-state index is 9.85. The number of ether oxygens (including phenoxy) is 1. The van der Waals surface area contributed by atoms with Gasteiger partial charge in [0.1, 0.15) is 28.9 Å². The van der Waals surface area contributed by atoms with Crippen LogP contribution in [-0.4, -0.2) is 35.6 Å². The molecule has 1 unspecified atom stereocenters. The molecule has 0 aliphatic carbocycles. The van der Waals surface area contributed by atoms with Crippen molar-refractivity contribution < 1.29 is 14.4 Å². The molecule has 23 heavy (non-hydrogen) atoms. The second-order valence-electron chi connectivity index (χ2n) is 5.70. The van der Waals surface area contributed by atoms with Gasteiger partial charge in [0.2, 0.25) is 0 Å². The van der Waals surface area contributed by atoms with Gasteiger partial charge in [-0.1, -0.05) is 19.0 Å². The van der Waals surface area contributed by atoms with Crippen LogP contribution in [0.2, 0.25) is 0 Å². The van der Waals surface area contributed by atoms with Gasteiger partial charge in [0.15, 0.2) is 5.58 Å². The van der Waals surface area contributed by atoms with Crippen LogP contribution in [0.3, 0.4) is 0 Å². The first-order chi connectivity index (χ1) is 11.1. The number of nitrogens with one attached hydrogen (secondary N) is 1. The number of rotatable bonds is 7. The number of thiophene rings is 1. The highest BCUT2D eigenvalue weighted by Crippen LogP contribution is 2.32. The number of aromatic nitrogens is 1. The second-order valence-corrected chi connectivity index (χ2v) is 6.61. The monoisotopic (exact) mass is 332 g/mol. The fraction of sp³-hybridized carbons (Fsp3) is 0.353. The third-order valence-corrected chi connectivity index (χ3v) is 4.31. The largest absolute Gasteiger partial charge is 0.491 e. The van der Waals surface area contributed by atoms with Crippen molar-refractivity contribution in [2.75, 3.05) is 13.2 Å². The molecule has 3 rings (SSSR count). The number of fused-ring (bicyclic) bond motifs is 1. The summed E-state index contributed by atoms with van der Waals surface area (Å²) in [6, 6.07) is 9.93. The van der Waals surface area contributed by atoms with Crippen molar-refractivity contribution in [1.82, 2.24) is 10.5 Å². The quantitative estimate of drug-likeness (QED) is 0.695. The van der Waals surface area contributed by atoms with E-state index in [2.05, 4.69) is 10.5 Å². The van der Waals surface area contributed by atoms with Crippen molar-refractivity contribution in [3.05, 3.63) is 35.7 Å². The van der Waals surface area contributed by atoms with Gasteiger partial charge in [0.05, 0.1) is 0 Å². The van der Waals surface area contributed by atoms with E-state index in [9.17, 15) is 5.11 Å². The Morgan fingerprint density at radius 2 is 2.04 bits per heavy atom. The zero-order valence-corrected chi connectivity index (χ0v) is 14.0. The molecule has 0 fully saturated rings. The first-order valence-electron chi connectivity index (χ1n) is 7.61. The molecule has 2 aromatic heterocycles. The average molecular weight is 332 g/mol. The summed E-state index contributed by atoms with van der Waals surface area (Å²) in [4.78, 5) is 0. The van der Waals surface area contributed by atoms with E-state index in [1.54, 1.807) is 11.3 Å². The highest BCUT2D eigenvalue weighted by Gasteiger charge is 2.12. The zero-order valence-electron chi connectivity index (χ0n) is 13.2. The van der Waals surface area contributed by atoms with Crippen LogP contribution in [0.1, 0.15) is 13.8 Å². The molecule has 122 valence electrons. The molecule has 0 aliphatic heterocycles. The molecule has 1 aromatic carbocycles. The van der Waals surface area contributed by atoms with Crippen molar-refractivity contribution in [1.29, 1.82) is 0 Å². The molecule has 0 bridgehead atoms. The van der Waals surface area contributed by atoms with E-state index in [0.717, 1.165) is 27.3 Å². The standard InChI is InChI=1S/C17H20N2O3S/c1-11(2)18-9-13(20)10-21-14-5-3-12(4-6-14)16-17-15(22-19-16)7-8-23-17/h3-8,11,13,18,20H,9-10H2,1-2H3. The molecule has 0 amide bonds. The number of aliphatic hydroxyl groups is 1. The number of hydrogen-bond donors (Lipinski definition) is 2. The minimum atomic E-state index is -0.529. The molecular formula is C17H20N2O3S. The van der Waals surface area contributed by atoms with Gasteiger partial charge < -0.3 is 19.7 Å². The summed E-state index contributed by atoms with van der Waals surface area (Å²) >= 11 is 1.61. The van der Waals surface area contributed by atoms with Crippen LogP contribution >= 0.6 is 11.3 Å². The molecule has 5 nitrogen and oxygen atoms in total. The van der Waals surface area contributed by atoms with Gasteiger partial charge in [-0.3, -0.25) is 0 Å². The Balaban J connectivity index is 1.60. The van der Waals surface area contributed by atoms with Gasteiger partial charge in [0, 0.05) is 18.2 Å². The molecule has 0 saturated carbocycles. The van der Waals surface area contributed by atoms with E-state index in [4.69, 9.17) is 9.26 Å². The molecule has 2 N–H and O–H groups in total. The fourth-order valence-electron chi connectivity index (χ4n) is 2.19. The first-order valence-corrected chi connectivity index (χ1v) is 8.49. The molecule has 0 aliphatic rings. The van der Waals surface area contributed by atoms with Crippen LogP contribution in [0.15, 0.2) is 40.2 Å². The summed E-state index contributed by atoms with van der Waals surface area (Å²) in [5.74, 6) is 0.725. The minimum absolute atomic E-state index is 0.262. The fourth-order valence-corrected chi connectivity index (χ4v) is 3.01. The molecular weight excluding hydrogens is 312 g/mol. The molecule has 0 spiro atoms. The van der Waals surface area contributed by atoms with Gasteiger partial charge in [-0.15, -0.1) is 11.3 Å². The predicted molar refractivity (Wildman–Crippen MR) is 92.0 cm³/mol. The summed E-state index contributed by atoms with van der Waals surface area (Å²) in [6.07, 6.45) is -0.529. The number of aliphatic hydroxyl groups excluding tert-OH is 1. The summed E-state index contributed by atoms with van der Waals surface area (Å²) < 4.78 is 12.0. The number of benzene rings is 1. The highest BCUT2D eigenvalue weighted by atomic mass is 32.1. The summed E-state index contributed by atoms with van der Waals surface area (Å²) in [5, 5.41) is 19.1. The molecule has 6 heteroatoms. The van der Waals surface area contributed by atoms with Crippen molar-refractivity contribution in [3.8, 4) is 17.0 Å². The van der Waals surface area contributed by atoms with Crippen molar-refractivity contribution in [2.45, 2.75) is 26.0 Å². The summed E-state index contributed by atoms with van der Waals surface area (Å²) in [5.41, 5.74) is 2.65. The maximum Gasteiger partial charge on any atom is 0.178 e. The average Bonchev–Trinajstić information content (AvgIpc) is 3.14. The van der Waals surface area contributed by atoms with Crippen LogP contribution in [-0.2, 0) is 0 Å². The molecule has 0 saturated heterocycles. The summed E-state index contributed by atoms with van der Waals surface area (Å²) in [6.45, 7) is 4.87. The molecule has 2 heterocycles. The Morgan fingerprint density at radius 3 is 2.78 bits per heavy atom. The van der Waals surface area contributed by atoms with Gasteiger partial charge in [-0.05, 0) is 35.7 Å². The van der Waals surface area contributed by atoms with Crippen LogP contribution in [0, 0.1) is 0 Å². The van der Waals surface area contributed by atoms with Crippen molar-refractivity contribution in [2.24, 2.45) is 0 Å². The van der Waals surface area contributed by atoms with Crippen LogP contribution in [0.4, 0.5) is 0 Å². The van der Waals surface area contributed by atoms with Gasteiger partial charge in [-0.2, -0.15) is 0 Å². The Hall–Kier alpha value is -1.89. The Morgan fingerprint density at radius 1 is 1.26 bits per heavy atom. The number of nitrogens with zero attached hydrogens (tertiary/aromatic N) is 1. The molecule has 0 radical (unpaired) electrons. The smallest absolute Gasteiger partial charge is 0.178 e. The van der Waals surface area contributed by atoms with Crippen molar-refractivity contribution >= 4 is 21.6 Å². The van der Waals surface area contributed by atoms with E-state index >= 15 is 0 Å². The topological polar surface area (TPSA) is 67.5 Å². The third-order valence-electron chi connectivity index (χ3n) is 3.41. The second kappa shape index (κ2) is 7.12. The molecule has 1 atom stereocenters. The maximum absolute atomic E-state index is 9.85. The SMILES string of the molecule is CC(C)NCC(O)COc1ccc(-c2noc3ccsc23)cc1. The molecule has 3 aromatic rings. The minimum Gasteiger partial charge on any atom is -0.491 e. The Bertz CT molecular complexity index is 749. The summed E-state index contributed by atoms with van der Waals surface area (Å²) in [7, 11) is 0. The van der Waals surface area contributed by atoms with Crippen LogP contribution in [0.25, 0.3) is 21.5 Å².